The number of ether oxygens (including phenoxy) is 1. The highest BCUT2D eigenvalue weighted by molar-refractivity contribution is 4.46. The third-order valence-electron chi connectivity index (χ3n) is 1.73. The molecule has 0 rings (SSSR count). The number of hydrogen-bond acceptors (Lipinski definition) is 2. The van der Waals surface area contributed by atoms with Gasteiger partial charge in [0.15, 0.2) is 0 Å². The second-order valence-electron chi connectivity index (χ2n) is 3.07. The van der Waals surface area contributed by atoms with Gasteiger partial charge in [-0.25, -0.2) is 0 Å². The molecule has 0 amide bonds. The predicted molar refractivity (Wildman–Crippen MR) is 53.5 cm³/mol. The fraction of sp³-hybridized carbons (Fsp3) is 1.00. The van der Waals surface area contributed by atoms with Crippen LogP contribution in [0, 0.1) is 0 Å². The van der Waals surface area contributed by atoms with Gasteiger partial charge in [0, 0.05) is 13.2 Å². The van der Waals surface area contributed by atoms with Crippen molar-refractivity contribution >= 4 is 0 Å². The Labute approximate surface area is 76.7 Å². The van der Waals surface area contributed by atoms with Crippen LogP contribution in [-0.4, -0.2) is 26.3 Å². The Balaban J connectivity index is 2.73. The average Bonchev–Trinajstić information content (AvgIpc) is 2.10. The van der Waals surface area contributed by atoms with E-state index in [1.54, 1.807) is 0 Å². The van der Waals surface area contributed by atoms with E-state index in [9.17, 15) is 0 Å². The minimum atomic E-state index is 0.861. The van der Waals surface area contributed by atoms with E-state index in [4.69, 9.17) is 4.74 Å². The van der Waals surface area contributed by atoms with Gasteiger partial charge in [-0.1, -0.05) is 26.7 Å². The molecule has 1 N–H and O–H groups in total. The number of hydrogen-bond donors (Lipinski definition) is 1. The Morgan fingerprint density at radius 2 is 1.75 bits per heavy atom. The minimum Gasteiger partial charge on any atom is -0.380 e. The van der Waals surface area contributed by atoms with Gasteiger partial charge < -0.3 is 10.1 Å². The molecule has 0 saturated carbocycles. The maximum atomic E-state index is 5.33. The van der Waals surface area contributed by atoms with E-state index in [-0.39, 0.29) is 0 Å². The van der Waals surface area contributed by atoms with Gasteiger partial charge in [0.1, 0.15) is 0 Å². The second kappa shape index (κ2) is 10.9. The van der Waals surface area contributed by atoms with Crippen molar-refractivity contribution in [2.45, 2.75) is 39.5 Å². The van der Waals surface area contributed by atoms with E-state index in [0.717, 1.165) is 32.7 Å². The van der Waals surface area contributed by atoms with Crippen molar-refractivity contribution < 1.29 is 4.74 Å². The largest absolute Gasteiger partial charge is 0.380 e. The second-order valence-corrected chi connectivity index (χ2v) is 3.07. The Morgan fingerprint density at radius 1 is 0.917 bits per heavy atom. The first-order valence-electron chi connectivity index (χ1n) is 5.20. The maximum absolute atomic E-state index is 5.33. The van der Waals surface area contributed by atoms with E-state index in [1.807, 2.05) is 0 Å². The van der Waals surface area contributed by atoms with Crippen LogP contribution in [0.4, 0.5) is 0 Å². The molecule has 2 nitrogen and oxygen atoms in total. The molecule has 0 aromatic carbocycles. The van der Waals surface area contributed by atoms with Crippen molar-refractivity contribution in [1.29, 1.82) is 0 Å². The van der Waals surface area contributed by atoms with Crippen molar-refractivity contribution in [2.75, 3.05) is 26.3 Å². The summed E-state index contributed by atoms with van der Waals surface area (Å²) < 4.78 is 5.33. The Hall–Kier alpha value is -0.0800. The summed E-state index contributed by atoms with van der Waals surface area (Å²) in [6.45, 7) is 8.27. The highest BCUT2D eigenvalue weighted by Gasteiger charge is 1.87. The smallest absolute Gasteiger partial charge is 0.0590 e. The zero-order chi connectivity index (χ0) is 9.07. The van der Waals surface area contributed by atoms with Gasteiger partial charge >= 0.3 is 0 Å². The number of nitrogens with one attached hydrogen (secondary N) is 1. The summed E-state index contributed by atoms with van der Waals surface area (Å²) in [4.78, 5) is 0. The normalized spacial score (nSPS) is 10.5. The highest BCUT2D eigenvalue weighted by Crippen LogP contribution is 1.90. The van der Waals surface area contributed by atoms with Crippen LogP contribution in [-0.2, 0) is 4.74 Å². The molecule has 0 unspecified atom stereocenters. The molecular formula is C10H23NO. The van der Waals surface area contributed by atoms with Gasteiger partial charge in [0.25, 0.3) is 0 Å². The van der Waals surface area contributed by atoms with Crippen LogP contribution in [0.25, 0.3) is 0 Å². The molecule has 0 aliphatic rings. The molecule has 0 aliphatic carbocycles. The third kappa shape index (κ3) is 9.92. The van der Waals surface area contributed by atoms with E-state index in [2.05, 4.69) is 19.2 Å². The van der Waals surface area contributed by atoms with Crippen LogP contribution >= 0.6 is 0 Å². The molecule has 0 atom stereocenters. The summed E-state index contributed by atoms with van der Waals surface area (Å²) in [7, 11) is 0. The van der Waals surface area contributed by atoms with Gasteiger partial charge in [-0.15, -0.1) is 0 Å². The summed E-state index contributed by atoms with van der Waals surface area (Å²) in [6.07, 6.45) is 5.05. The average molecular weight is 173 g/mol. The molecule has 0 aliphatic heterocycles. The Morgan fingerprint density at radius 3 is 2.42 bits per heavy atom. The van der Waals surface area contributed by atoms with E-state index in [0.29, 0.717) is 0 Å². The molecule has 0 heterocycles. The van der Waals surface area contributed by atoms with Gasteiger partial charge in [-0.2, -0.15) is 0 Å². The zero-order valence-electron chi connectivity index (χ0n) is 8.57. The molecule has 0 spiro atoms. The molecule has 0 radical (unpaired) electrons. The highest BCUT2D eigenvalue weighted by atomic mass is 16.5. The van der Waals surface area contributed by atoms with Crippen LogP contribution in [0.3, 0.4) is 0 Å². The van der Waals surface area contributed by atoms with E-state index >= 15 is 0 Å². The molecule has 0 fully saturated rings. The summed E-state index contributed by atoms with van der Waals surface area (Å²) in [6, 6.07) is 0. The molecule has 0 saturated heterocycles. The van der Waals surface area contributed by atoms with Gasteiger partial charge in [0.2, 0.25) is 0 Å². The van der Waals surface area contributed by atoms with Crippen LogP contribution in [0.15, 0.2) is 0 Å². The van der Waals surface area contributed by atoms with Gasteiger partial charge in [-0.3, -0.25) is 0 Å². The first-order chi connectivity index (χ1) is 5.91. The van der Waals surface area contributed by atoms with Crippen molar-refractivity contribution in [3.8, 4) is 0 Å². The number of unbranched alkanes of at least 4 members (excludes halogenated alkanes) is 2. The van der Waals surface area contributed by atoms with Gasteiger partial charge in [-0.05, 0) is 19.4 Å². The van der Waals surface area contributed by atoms with Crippen LogP contribution in [0.5, 0.6) is 0 Å². The monoisotopic (exact) mass is 173 g/mol. The summed E-state index contributed by atoms with van der Waals surface area (Å²) in [5.74, 6) is 0. The molecule has 2 heteroatoms. The lowest BCUT2D eigenvalue weighted by molar-refractivity contribution is 0.136. The maximum Gasteiger partial charge on any atom is 0.0590 e. The van der Waals surface area contributed by atoms with Crippen LogP contribution in [0.2, 0.25) is 0 Å². The number of rotatable bonds is 9. The SMILES string of the molecule is CCCCCNCCOCCC. The minimum absolute atomic E-state index is 0.861. The quantitative estimate of drug-likeness (QED) is 0.540. The molecular weight excluding hydrogens is 150 g/mol. The van der Waals surface area contributed by atoms with Crippen LogP contribution in [0.1, 0.15) is 39.5 Å². The van der Waals surface area contributed by atoms with Crippen molar-refractivity contribution in [2.24, 2.45) is 0 Å². The Bertz CT molecular complexity index is 66.2. The van der Waals surface area contributed by atoms with Crippen molar-refractivity contribution in [1.82, 2.24) is 5.32 Å². The third-order valence-corrected chi connectivity index (χ3v) is 1.73. The van der Waals surface area contributed by atoms with Gasteiger partial charge in [0.05, 0.1) is 6.61 Å². The van der Waals surface area contributed by atoms with E-state index in [1.165, 1.54) is 19.3 Å². The molecule has 74 valence electrons. The lowest BCUT2D eigenvalue weighted by atomic mass is 10.2. The zero-order valence-corrected chi connectivity index (χ0v) is 8.57. The van der Waals surface area contributed by atoms with E-state index < -0.39 is 0 Å². The molecule has 0 bridgehead atoms. The fourth-order valence-corrected chi connectivity index (χ4v) is 1.02. The lowest BCUT2D eigenvalue weighted by Gasteiger charge is -2.04. The summed E-state index contributed by atoms with van der Waals surface area (Å²) in [5, 5.41) is 3.35. The van der Waals surface area contributed by atoms with Crippen LogP contribution < -0.4 is 5.32 Å². The molecule has 12 heavy (non-hydrogen) atoms. The Kier molecular flexibility index (Phi) is 10.8. The fourth-order valence-electron chi connectivity index (χ4n) is 1.02. The summed E-state index contributed by atoms with van der Waals surface area (Å²) in [5.41, 5.74) is 0. The topological polar surface area (TPSA) is 21.3 Å². The molecule has 0 aromatic heterocycles. The predicted octanol–water partition coefficient (Wildman–Crippen LogP) is 2.19. The first kappa shape index (κ1) is 11.9. The summed E-state index contributed by atoms with van der Waals surface area (Å²) >= 11 is 0. The standard InChI is InChI=1S/C10H23NO/c1-3-5-6-7-11-8-10-12-9-4-2/h11H,3-10H2,1-2H3. The van der Waals surface area contributed by atoms with Crippen molar-refractivity contribution in [3.63, 3.8) is 0 Å². The lowest BCUT2D eigenvalue weighted by Crippen LogP contribution is -2.20. The van der Waals surface area contributed by atoms with Crippen molar-refractivity contribution in [3.05, 3.63) is 0 Å². The molecule has 0 aromatic rings. The first-order valence-corrected chi connectivity index (χ1v) is 5.20.